The molecule has 5 heteroatoms. The number of hydrogen-bond acceptors (Lipinski definition) is 3. The van der Waals surface area contributed by atoms with Gasteiger partial charge in [-0.25, -0.2) is 12.8 Å². The van der Waals surface area contributed by atoms with Gasteiger partial charge in [0.2, 0.25) is 0 Å². The van der Waals surface area contributed by atoms with Crippen molar-refractivity contribution >= 4 is 9.84 Å². The first-order valence-corrected chi connectivity index (χ1v) is 9.37. The Morgan fingerprint density at radius 1 is 1.29 bits per heavy atom. The lowest BCUT2D eigenvalue weighted by Crippen LogP contribution is -2.30. The van der Waals surface area contributed by atoms with Gasteiger partial charge in [0, 0.05) is 12.5 Å². The molecule has 21 heavy (non-hydrogen) atoms. The molecule has 1 aromatic carbocycles. The van der Waals surface area contributed by atoms with Gasteiger partial charge < -0.3 is 5.32 Å². The van der Waals surface area contributed by atoms with Crippen LogP contribution in [0.2, 0.25) is 0 Å². The van der Waals surface area contributed by atoms with Crippen LogP contribution < -0.4 is 5.32 Å². The van der Waals surface area contributed by atoms with E-state index < -0.39 is 9.84 Å². The molecule has 1 fully saturated rings. The summed E-state index contributed by atoms with van der Waals surface area (Å²) >= 11 is 0. The SMILES string of the molecule is CC(C)CNCC(c1ccccc1F)C1CCS(=O)(=O)C1. The minimum absolute atomic E-state index is 0.00608. The van der Waals surface area contributed by atoms with Crippen LogP contribution in [0.25, 0.3) is 0 Å². The summed E-state index contributed by atoms with van der Waals surface area (Å²) in [6, 6.07) is 6.72. The summed E-state index contributed by atoms with van der Waals surface area (Å²) < 4.78 is 37.6. The Balaban J connectivity index is 2.17. The second-order valence-electron chi connectivity index (χ2n) is 6.34. The minimum Gasteiger partial charge on any atom is -0.316 e. The highest BCUT2D eigenvalue weighted by atomic mass is 32.2. The van der Waals surface area contributed by atoms with Crippen molar-refractivity contribution in [3.05, 3.63) is 35.6 Å². The maximum atomic E-state index is 14.1. The summed E-state index contributed by atoms with van der Waals surface area (Å²) in [4.78, 5) is 0. The first kappa shape index (κ1) is 16.4. The number of benzene rings is 1. The van der Waals surface area contributed by atoms with Gasteiger partial charge >= 0.3 is 0 Å². The number of halogens is 1. The van der Waals surface area contributed by atoms with Crippen LogP contribution in [-0.4, -0.2) is 33.0 Å². The molecule has 0 radical (unpaired) electrons. The van der Waals surface area contributed by atoms with Crippen molar-refractivity contribution < 1.29 is 12.8 Å². The standard InChI is InChI=1S/C16H24FNO2S/c1-12(2)9-18-10-15(13-7-8-21(19,20)11-13)14-5-3-4-6-16(14)17/h3-6,12-13,15,18H,7-11H2,1-2H3. The van der Waals surface area contributed by atoms with Gasteiger partial charge in [-0.2, -0.15) is 0 Å². The number of rotatable bonds is 6. The van der Waals surface area contributed by atoms with E-state index in [-0.39, 0.29) is 29.2 Å². The highest BCUT2D eigenvalue weighted by Crippen LogP contribution is 2.34. The Hall–Kier alpha value is -0.940. The quantitative estimate of drug-likeness (QED) is 0.878. The van der Waals surface area contributed by atoms with E-state index in [0.717, 1.165) is 6.54 Å². The largest absolute Gasteiger partial charge is 0.316 e. The van der Waals surface area contributed by atoms with E-state index in [4.69, 9.17) is 0 Å². The van der Waals surface area contributed by atoms with Crippen LogP contribution in [0.1, 0.15) is 31.7 Å². The molecular weight excluding hydrogens is 289 g/mol. The van der Waals surface area contributed by atoms with Gasteiger partial charge in [-0.15, -0.1) is 0 Å². The lowest BCUT2D eigenvalue weighted by molar-refractivity contribution is 0.411. The fourth-order valence-electron chi connectivity index (χ4n) is 2.97. The molecule has 1 aliphatic heterocycles. The minimum atomic E-state index is -2.95. The highest BCUT2D eigenvalue weighted by molar-refractivity contribution is 7.91. The van der Waals surface area contributed by atoms with Crippen LogP contribution in [0.4, 0.5) is 4.39 Å². The highest BCUT2D eigenvalue weighted by Gasteiger charge is 2.35. The summed E-state index contributed by atoms with van der Waals surface area (Å²) in [6.07, 6.45) is 0.630. The third-order valence-electron chi connectivity index (χ3n) is 4.06. The van der Waals surface area contributed by atoms with E-state index in [2.05, 4.69) is 19.2 Å². The van der Waals surface area contributed by atoms with Crippen molar-refractivity contribution in [2.75, 3.05) is 24.6 Å². The Kier molecular flexibility index (Phi) is 5.38. The summed E-state index contributed by atoms with van der Waals surface area (Å²) in [6.45, 7) is 5.71. The normalized spacial score (nSPS) is 22.6. The van der Waals surface area contributed by atoms with Gasteiger partial charge in [0.25, 0.3) is 0 Å². The second-order valence-corrected chi connectivity index (χ2v) is 8.57. The van der Waals surface area contributed by atoms with Crippen molar-refractivity contribution in [2.24, 2.45) is 11.8 Å². The average Bonchev–Trinajstić information content (AvgIpc) is 2.76. The van der Waals surface area contributed by atoms with Crippen LogP contribution in [0.3, 0.4) is 0 Å². The molecule has 2 rings (SSSR count). The molecule has 0 saturated carbocycles. The first-order valence-electron chi connectivity index (χ1n) is 7.54. The molecule has 1 N–H and O–H groups in total. The molecule has 1 aliphatic rings. The number of nitrogens with one attached hydrogen (secondary N) is 1. The number of sulfone groups is 1. The van der Waals surface area contributed by atoms with Crippen molar-refractivity contribution in [1.82, 2.24) is 5.32 Å². The predicted octanol–water partition coefficient (Wildman–Crippen LogP) is 2.59. The molecule has 1 saturated heterocycles. The van der Waals surface area contributed by atoms with Gasteiger partial charge in [0.15, 0.2) is 9.84 Å². The zero-order valence-electron chi connectivity index (χ0n) is 12.7. The fourth-order valence-corrected chi connectivity index (χ4v) is 4.85. The molecule has 3 nitrogen and oxygen atoms in total. The van der Waals surface area contributed by atoms with Crippen LogP contribution in [0.15, 0.2) is 24.3 Å². The van der Waals surface area contributed by atoms with E-state index >= 15 is 0 Å². The van der Waals surface area contributed by atoms with Gasteiger partial charge in [0.1, 0.15) is 5.82 Å². The molecule has 0 spiro atoms. The van der Waals surface area contributed by atoms with Crippen molar-refractivity contribution in [1.29, 1.82) is 0 Å². The van der Waals surface area contributed by atoms with Crippen molar-refractivity contribution in [3.63, 3.8) is 0 Å². The fraction of sp³-hybridized carbons (Fsp3) is 0.625. The third kappa shape index (κ3) is 4.51. The molecule has 2 unspecified atom stereocenters. The summed E-state index contributed by atoms with van der Waals surface area (Å²) in [5, 5.41) is 3.35. The van der Waals surface area contributed by atoms with Crippen molar-refractivity contribution in [2.45, 2.75) is 26.2 Å². The van der Waals surface area contributed by atoms with E-state index in [0.29, 0.717) is 24.4 Å². The van der Waals surface area contributed by atoms with E-state index in [1.165, 1.54) is 6.07 Å². The molecular formula is C16H24FNO2S. The summed E-state index contributed by atoms with van der Waals surface area (Å²) in [5.41, 5.74) is 0.635. The number of hydrogen-bond donors (Lipinski definition) is 1. The van der Waals surface area contributed by atoms with Crippen molar-refractivity contribution in [3.8, 4) is 0 Å². The van der Waals surface area contributed by atoms with E-state index in [1.807, 2.05) is 6.07 Å². The topological polar surface area (TPSA) is 46.2 Å². The average molecular weight is 313 g/mol. The Labute approximate surface area is 126 Å². The summed E-state index contributed by atoms with van der Waals surface area (Å²) in [7, 11) is -2.95. The lowest BCUT2D eigenvalue weighted by atomic mass is 9.85. The van der Waals surface area contributed by atoms with Crippen LogP contribution in [0, 0.1) is 17.7 Å². The lowest BCUT2D eigenvalue weighted by Gasteiger charge is -2.24. The van der Waals surface area contributed by atoms with Gasteiger partial charge in [-0.3, -0.25) is 0 Å². The Morgan fingerprint density at radius 3 is 2.57 bits per heavy atom. The zero-order chi connectivity index (χ0) is 15.5. The molecule has 0 aromatic heterocycles. The molecule has 1 aromatic rings. The van der Waals surface area contributed by atoms with E-state index in [1.54, 1.807) is 12.1 Å². The van der Waals surface area contributed by atoms with Gasteiger partial charge in [-0.05, 0) is 36.4 Å². The monoisotopic (exact) mass is 313 g/mol. The van der Waals surface area contributed by atoms with Crippen LogP contribution in [0.5, 0.6) is 0 Å². The summed E-state index contributed by atoms with van der Waals surface area (Å²) in [5.74, 6) is 0.604. The Bertz CT molecular complexity index is 571. The molecule has 118 valence electrons. The smallest absolute Gasteiger partial charge is 0.150 e. The maximum Gasteiger partial charge on any atom is 0.150 e. The zero-order valence-corrected chi connectivity index (χ0v) is 13.5. The third-order valence-corrected chi connectivity index (χ3v) is 5.85. The molecule has 0 aliphatic carbocycles. The second kappa shape index (κ2) is 6.88. The maximum absolute atomic E-state index is 14.1. The molecule has 0 amide bonds. The van der Waals surface area contributed by atoms with Crippen LogP contribution >= 0.6 is 0 Å². The first-order chi connectivity index (χ1) is 9.89. The van der Waals surface area contributed by atoms with Crippen LogP contribution in [-0.2, 0) is 9.84 Å². The van der Waals surface area contributed by atoms with E-state index in [9.17, 15) is 12.8 Å². The molecule has 0 bridgehead atoms. The predicted molar refractivity (Wildman–Crippen MR) is 83.6 cm³/mol. The molecule has 2 atom stereocenters. The van der Waals surface area contributed by atoms with Gasteiger partial charge in [-0.1, -0.05) is 32.0 Å². The van der Waals surface area contributed by atoms with Gasteiger partial charge in [0.05, 0.1) is 11.5 Å². The molecule has 1 heterocycles. The Morgan fingerprint density at radius 2 is 2.00 bits per heavy atom.